The lowest BCUT2D eigenvalue weighted by Gasteiger charge is -2.21. The Bertz CT molecular complexity index is 1470. The van der Waals surface area contributed by atoms with Gasteiger partial charge in [0, 0.05) is 0 Å². The molecule has 0 aliphatic carbocycles. The molecule has 0 bridgehead atoms. The van der Waals surface area contributed by atoms with Crippen LogP contribution in [0, 0.1) is 13.8 Å². The summed E-state index contributed by atoms with van der Waals surface area (Å²) in [5.74, 6) is 0.430. The molecule has 0 atom stereocenters. The zero-order chi connectivity index (χ0) is 22.9. The van der Waals surface area contributed by atoms with E-state index >= 15 is 0 Å². The van der Waals surface area contributed by atoms with Gasteiger partial charge in [-0.1, -0.05) is 72.0 Å². The third-order valence-corrected chi connectivity index (χ3v) is 6.80. The topological polar surface area (TPSA) is 42.4 Å². The maximum absolute atomic E-state index is 14.0. The number of hydrogen-bond donors (Lipinski definition) is 0. The molecule has 0 spiro atoms. The van der Waals surface area contributed by atoms with E-state index in [1.165, 1.54) is 5.56 Å². The van der Waals surface area contributed by atoms with E-state index in [2.05, 4.69) is 26.0 Å². The number of ether oxygens (including phenoxy) is 1. The molecule has 5 rings (SSSR count). The van der Waals surface area contributed by atoms with E-state index in [0.29, 0.717) is 23.0 Å². The first-order chi connectivity index (χ1) is 16.0. The number of nitrogens with zero attached hydrogens (tertiary/aromatic N) is 2. The number of rotatable bonds is 5. The van der Waals surface area contributed by atoms with Crippen molar-refractivity contribution in [3.05, 3.63) is 101 Å². The summed E-state index contributed by atoms with van der Waals surface area (Å²) in [5.41, 5.74) is 4.81. The Morgan fingerprint density at radius 3 is 2.36 bits per heavy atom. The molecule has 0 aliphatic rings. The minimum Gasteiger partial charge on any atom is -0.496 e. The molecule has 1 aromatic heterocycles. The standard InChI is InChI=1S/C28H24N2O2S/c1-18-13-19(2)26-25(14-18)33-28(29-26)30(17-20-9-5-4-6-10-20)27(31)23-15-21-11-7-8-12-22(21)16-24(23)32-3/h4-16H,17H2,1-3H3. The van der Waals surface area contributed by atoms with Crippen LogP contribution in [0.3, 0.4) is 0 Å². The molecule has 33 heavy (non-hydrogen) atoms. The number of hydrogen-bond acceptors (Lipinski definition) is 4. The van der Waals surface area contributed by atoms with Crippen LogP contribution in [-0.2, 0) is 6.54 Å². The molecule has 1 amide bonds. The Labute approximate surface area is 197 Å². The fourth-order valence-corrected chi connectivity index (χ4v) is 5.31. The van der Waals surface area contributed by atoms with E-state index in [0.717, 1.165) is 32.1 Å². The van der Waals surface area contributed by atoms with Gasteiger partial charge in [-0.3, -0.25) is 9.69 Å². The lowest BCUT2D eigenvalue weighted by molar-refractivity contribution is 0.0982. The number of anilines is 1. The van der Waals surface area contributed by atoms with Gasteiger partial charge in [-0.25, -0.2) is 4.98 Å². The lowest BCUT2D eigenvalue weighted by atomic mass is 10.0. The van der Waals surface area contributed by atoms with E-state index in [-0.39, 0.29) is 5.91 Å². The largest absolute Gasteiger partial charge is 0.496 e. The number of fused-ring (bicyclic) bond motifs is 2. The van der Waals surface area contributed by atoms with E-state index in [1.807, 2.05) is 66.7 Å². The molecule has 0 saturated carbocycles. The van der Waals surface area contributed by atoms with Crippen LogP contribution < -0.4 is 9.64 Å². The third-order valence-electron chi connectivity index (χ3n) is 5.78. The highest BCUT2D eigenvalue weighted by Crippen LogP contribution is 2.35. The summed E-state index contributed by atoms with van der Waals surface area (Å²) in [6.07, 6.45) is 0. The van der Waals surface area contributed by atoms with Crippen molar-refractivity contribution in [3.8, 4) is 5.75 Å². The molecular weight excluding hydrogens is 428 g/mol. The Balaban J connectivity index is 1.65. The summed E-state index contributed by atoms with van der Waals surface area (Å²) >= 11 is 1.55. The van der Waals surface area contributed by atoms with Crippen LogP contribution in [0.25, 0.3) is 21.0 Å². The zero-order valence-corrected chi connectivity index (χ0v) is 19.6. The fourth-order valence-electron chi connectivity index (χ4n) is 4.17. The molecule has 5 heteroatoms. The van der Waals surface area contributed by atoms with Crippen molar-refractivity contribution in [2.24, 2.45) is 0 Å². The van der Waals surface area contributed by atoms with Crippen molar-refractivity contribution in [2.75, 3.05) is 12.0 Å². The molecule has 0 saturated heterocycles. The van der Waals surface area contributed by atoms with Gasteiger partial charge >= 0.3 is 0 Å². The van der Waals surface area contributed by atoms with Crippen LogP contribution in [0.2, 0.25) is 0 Å². The van der Waals surface area contributed by atoms with Crippen molar-refractivity contribution in [3.63, 3.8) is 0 Å². The average molecular weight is 453 g/mol. The summed E-state index contributed by atoms with van der Waals surface area (Å²) < 4.78 is 6.72. The molecule has 5 aromatic rings. The van der Waals surface area contributed by atoms with Gasteiger partial charge in [0.05, 0.1) is 29.4 Å². The van der Waals surface area contributed by atoms with Gasteiger partial charge in [0.25, 0.3) is 5.91 Å². The van der Waals surface area contributed by atoms with Gasteiger partial charge in [-0.15, -0.1) is 0 Å². The number of benzene rings is 4. The molecule has 0 N–H and O–H groups in total. The second-order valence-electron chi connectivity index (χ2n) is 8.20. The number of carbonyl (C=O) groups excluding carboxylic acids is 1. The first-order valence-corrected chi connectivity index (χ1v) is 11.7. The maximum Gasteiger partial charge on any atom is 0.264 e. The molecule has 0 unspecified atom stereocenters. The highest BCUT2D eigenvalue weighted by Gasteiger charge is 2.25. The molecular formula is C28H24N2O2S. The Morgan fingerprint density at radius 2 is 1.64 bits per heavy atom. The maximum atomic E-state index is 14.0. The molecule has 4 aromatic carbocycles. The van der Waals surface area contributed by atoms with E-state index in [1.54, 1.807) is 23.3 Å². The summed E-state index contributed by atoms with van der Waals surface area (Å²) in [6, 6.07) is 26.1. The minimum absolute atomic E-state index is 0.130. The Kier molecular flexibility index (Phi) is 5.56. The van der Waals surface area contributed by atoms with Gasteiger partial charge in [0.15, 0.2) is 5.13 Å². The second-order valence-corrected chi connectivity index (χ2v) is 9.21. The van der Waals surface area contributed by atoms with Crippen LogP contribution >= 0.6 is 11.3 Å². The van der Waals surface area contributed by atoms with E-state index < -0.39 is 0 Å². The number of amides is 1. The Hall–Kier alpha value is -3.70. The highest BCUT2D eigenvalue weighted by atomic mass is 32.1. The predicted octanol–water partition coefficient (Wildman–Crippen LogP) is 6.92. The van der Waals surface area contributed by atoms with Gasteiger partial charge in [0.1, 0.15) is 5.75 Å². The number of carbonyl (C=O) groups is 1. The van der Waals surface area contributed by atoms with Gasteiger partial charge in [0.2, 0.25) is 0 Å². The number of aromatic nitrogens is 1. The second kappa shape index (κ2) is 8.68. The monoisotopic (exact) mass is 452 g/mol. The SMILES string of the molecule is COc1cc2ccccc2cc1C(=O)N(Cc1ccccc1)c1nc2c(C)cc(C)cc2s1. The third kappa shape index (κ3) is 4.08. The van der Waals surface area contributed by atoms with E-state index in [4.69, 9.17) is 9.72 Å². The smallest absolute Gasteiger partial charge is 0.264 e. The average Bonchev–Trinajstić information content (AvgIpc) is 3.26. The van der Waals surface area contributed by atoms with Gasteiger partial charge in [-0.2, -0.15) is 0 Å². The van der Waals surface area contributed by atoms with Crippen LogP contribution in [0.15, 0.2) is 78.9 Å². The van der Waals surface area contributed by atoms with Crippen molar-refractivity contribution >= 4 is 43.4 Å². The fraction of sp³-hybridized carbons (Fsp3) is 0.143. The number of thiazole rings is 1. The first-order valence-electron chi connectivity index (χ1n) is 10.8. The quantitative estimate of drug-likeness (QED) is 0.291. The first kappa shape index (κ1) is 21.2. The summed E-state index contributed by atoms with van der Waals surface area (Å²) in [7, 11) is 1.60. The normalized spacial score (nSPS) is 11.1. The molecule has 1 heterocycles. The summed E-state index contributed by atoms with van der Waals surface area (Å²) in [6.45, 7) is 4.57. The van der Waals surface area contributed by atoms with Crippen molar-refractivity contribution < 1.29 is 9.53 Å². The summed E-state index contributed by atoms with van der Waals surface area (Å²) in [4.78, 5) is 20.7. The molecule has 4 nitrogen and oxygen atoms in total. The molecule has 164 valence electrons. The predicted molar refractivity (Wildman–Crippen MR) is 137 cm³/mol. The van der Waals surface area contributed by atoms with Gasteiger partial charge < -0.3 is 4.74 Å². The molecule has 0 fully saturated rings. The Morgan fingerprint density at radius 1 is 0.939 bits per heavy atom. The molecule has 0 radical (unpaired) electrons. The van der Waals surface area contributed by atoms with Crippen molar-refractivity contribution in [1.82, 2.24) is 4.98 Å². The zero-order valence-electron chi connectivity index (χ0n) is 18.8. The highest BCUT2D eigenvalue weighted by molar-refractivity contribution is 7.22. The van der Waals surface area contributed by atoms with Crippen LogP contribution in [0.1, 0.15) is 27.0 Å². The van der Waals surface area contributed by atoms with E-state index in [9.17, 15) is 4.79 Å². The number of methoxy groups -OCH3 is 1. The van der Waals surface area contributed by atoms with Crippen LogP contribution in [-0.4, -0.2) is 18.0 Å². The molecule has 0 aliphatic heterocycles. The van der Waals surface area contributed by atoms with Crippen molar-refractivity contribution in [2.45, 2.75) is 20.4 Å². The van der Waals surface area contributed by atoms with Gasteiger partial charge in [-0.05, 0) is 59.5 Å². The minimum atomic E-state index is -0.130. The lowest BCUT2D eigenvalue weighted by Crippen LogP contribution is -2.30. The van der Waals surface area contributed by atoms with Crippen molar-refractivity contribution in [1.29, 1.82) is 0 Å². The number of aryl methyl sites for hydroxylation is 2. The van der Waals surface area contributed by atoms with Crippen LogP contribution in [0.4, 0.5) is 5.13 Å². The van der Waals surface area contributed by atoms with Crippen LogP contribution in [0.5, 0.6) is 5.75 Å². The summed E-state index contributed by atoms with van der Waals surface area (Å²) in [5, 5.41) is 2.71.